The van der Waals surface area contributed by atoms with E-state index in [4.69, 9.17) is 5.73 Å². The molecule has 6 heteroatoms. The highest BCUT2D eigenvalue weighted by Crippen LogP contribution is 2.17. The molecule has 0 saturated carbocycles. The van der Waals surface area contributed by atoms with E-state index in [0.29, 0.717) is 0 Å². The quantitative estimate of drug-likeness (QED) is 0.582. The molecule has 1 heterocycles. The Kier molecular flexibility index (Phi) is 2.99. The fourth-order valence-corrected chi connectivity index (χ4v) is 1.79. The molecule has 17 heavy (non-hydrogen) atoms. The largest absolute Gasteiger partial charge is 0.396 e. The van der Waals surface area contributed by atoms with Crippen molar-refractivity contribution in [2.75, 3.05) is 18.8 Å². The molecule has 0 radical (unpaired) electrons. The third-order valence-corrected chi connectivity index (χ3v) is 2.79. The summed E-state index contributed by atoms with van der Waals surface area (Å²) in [6.45, 7) is 0.133. The fraction of sp³-hybridized carbons (Fsp3) is 0.364. The molecule has 2 atom stereocenters. The van der Waals surface area contributed by atoms with Gasteiger partial charge in [0.05, 0.1) is 17.9 Å². The molecule has 2 rings (SSSR count). The molecule has 0 spiro atoms. The van der Waals surface area contributed by atoms with Crippen LogP contribution in [0.25, 0.3) is 0 Å². The highest BCUT2D eigenvalue weighted by molar-refractivity contribution is 5.95. The molecule has 1 aliphatic heterocycles. The van der Waals surface area contributed by atoms with Crippen LogP contribution in [0.4, 0.5) is 10.1 Å². The molecule has 1 aromatic rings. The Morgan fingerprint density at radius 1 is 1.35 bits per heavy atom. The summed E-state index contributed by atoms with van der Waals surface area (Å²) in [5, 5.41) is 18.7. The van der Waals surface area contributed by atoms with Gasteiger partial charge < -0.3 is 20.8 Å². The minimum Gasteiger partial charge on any atom is -0.396 e. The molecule has 0 aromatic heterocycles. The summed E-state index contributed by atoms with van der Waals surface area (Å²) >= 11 is 0. The lowest BCUT2D eigenvalue weighted by molar-refractivity contribution is 0.0572. The molecule has 4 N–H and O–H groups in total. The molecule has 1 aliphatic rings. The predicted octanol–water partition coefficient (Wildman–Crippen LogP) is -0.415. The number of benzene rings is 1. The lowest BCUT2D eigenvalue weighted by Crippen LogP contribution is -2.29. The number of hydrogen-bond donors (Lipinski definition) is 3. The van der Waals surface area contributed by atoms with Crippen molar-refractivity contribution in [2.24, 2.45) is 0 Å². The van der Waals surface area contributed by atoms with E-state index in [1.165, 1.54) is 17.0 Å². The Labute approximate surface area is 97.3 Å². The number of carbonyl (C=O) groups is 1. The number of nitrogens with two attached hydrogens (primary N) is 1. The Hall–Kier alpha value is -1.66. The van der Waals surface area contributed by atoms with Gasteiger partial charge in [0.2, 0.25) is 0 Å². The first-order chi connectivity index (χ1) is 7.99. The van der Waals surface area contributed by atoms with Gasteiger partial charge in [-0.15, -0.1) is 0 Å². The lowest BCUT2D eigenvalue weighted by atomic mass is 10.1. The third kappa shape index (κ3) is 2.22. The van der Waals surface area contributed by atoms with Gasteiger partial charge in [-0.05, 0) is 18.2 Å². The van der Waals surface area contributed by atoms with Crippen LogP contribution in [0.15, 0.2) is 18.2 Å². The average molecular weight is 240 g/mol. The number of halogens is 1. The molecule has 0 aliphatic carbocycles. The number of nitrogen functional groups attached to an aromatic ring is 1. The van der Waals surface area contributed by atoms with Gasteiger partial charge in [-0.25, -0.2) is 4.39 Å². The van der Waals surface area contributed by atoms with Crippen LogP contribution in [0.5, 0.6) is 0 Å². The molecule has 1 amide bonds. The minimum absolute atomic E-state index is 0.0667. The van der Waals surface area contributed by atoms with E-state index in [0.717, 1.165) is 6.07 Å². The summed E-state index contributed by atoms with van der Waals surface area (Å²) < 4.78 is 12.9. The number of aliphatic hydroxyl groups excluding tert-OH is 2. The maximum Gasteiger partial charge on any atom is 0.254 e. The third-order valence-electron chi connectivity index (χ3n) is 2.79. The van der Waals surface area contributed by atoms with Gasteiger partial charge in [0.25, 0.3) is 5.91 Å². The number of hydrogen-bond acceptors (Lipinski definition) is 4. The maximum atomic E-state index is 12.9. The highest BCUT2D eigenvalue weighted by Gasteiger charge is 2.32. The van der Waals surface area contributed by atoms with Crippen molar-refractivity contribution < 1.29 is 19.4 Å². The molecule has 0 bridgehead atoms. The average Bonchev–Trinajstić information content (AvgIpc) is 2.62. The summed E-state index contributed by atoms with van der Waals surface area (Å²) in [5.74, 6) is -0.963. The van der Waals surface area contributed by atoms with E-state index in [9.17, 15) is 19.4 Å². The monoisotopic (exact) mass is 240 g/mol. The number of β-amino-alcohol motifs (C(OH)–C–C–N with tert-alkyl or cyclic N) is 2. The van der Waals surface area contributed by atoms with Crippen LogP contribution in [0.3, 0.4) is 0 Å². The second kappa shape index (κ2) is 4.31. The first kappa shape index (κ1) is 11.8. The van der Waals surface area contributed by atoms with Crippen molar-refractivity contribution in [3.05, 3.63) is 29.6 Å². The summed E-state index contributed by atoms with van der Waals surface area (Å²) in [6.07, 6.45) is -1.87. The van der Waals surface area contributed by atoms with Crippen molar-refractivity contribution in [1.82, 2.24) is 4.90 Å². The van der Waals surface area contributed by atoms with Crippen molar-refractivity contribution in [1.29, 1.82) is 0 Å². The smallest absolute Gasteiger partial charge is 0.254 e. The van der Waals surface area contributed by atoms with Crippen LogP contribution < -0.4 is 5.73 Å². The van der Waals surface area contributed by atoms with Crippen LogP contribution >= 0.6 is 0 Å². The van der Waals surface area contributed by atoms with Gasteiger partial charge >= 0.3 is 0 Å². The van der Waals surface area contributed by atoms with E-state index < -0.39 is 18.0 Å². The Balaban J connectivity index is 2.17. The number of amides is 1. The number of aliphatic hydroxyl groups is 2. The van der Waals surface area contributed by atoms with Crippen molar-refractivity contribution in [3.63, 3.8) is 0 Å². The van der Waals surface area contributed by atoms with Gasteiger partial charge in [0.15, 0.2) is 0 Å². The molecular weight excluding hydrogens is 227 g/mol. The normalized spacial score (nSPS) is 24.1. The first-order valence-corrected chi connectivity index (χ1v) is 5.19. The lowest BCUT2D eigenvalue weighted by Gasteiger charge is -2.15. The van der Waals surface area contributed by atoms with Crippen molar-refractivity contribution in [3.8, 4) is 0 Å². The zero-order valence-electron chi connectivity index (χ0n) is 9.01. The van der Waals surface area contributed by atoms with Gasteiger partial charge in [-0.1, -0.05) is 0 Å². The molecule has 2 unspecified atom stereocenters. The van der Waals surface area contributed by atoms with Crippen LogP contribution in [0.2, 0.25) is 0 Å². The number of carbonyl (C=O) groups excluding carboxylic acids is 1. The van der Waals surface area contributed by atoms with Crippen molar-refractivity contribution in [2.45, 2.75) is 12.2 Å². The van der Waals surface area contributed by atoms with Crippen LogP contribution in [0.1, 0.15) is 10.4 Å². The predicted molar refractivity (Wildman–Crippen MR) is 58.7 cm³/mol. The summed E-state index contributed by atoms with van der Waals surface area (Å²) in [4.78, 5) is 13.2. The van der Waals surface area contributed by atoms with E-state index in [1.54, 1.807) is 0 Å². The zero-order chi connectivity index (χ0) is 12.6. The van der Waals surface area contributed by atoms with E-state index in [-0.39, 0.29) is 30.2 Å². The van der Waals surface area contributed by atoms with E-state index in [2.05, 4.69) is 0 Å². The van der Waals surface area contributed by atoms with Crippen LogP contribution in [-0.2, 0) is 0 Å². The Morgan fingerprint density at radius 2 is 1.94 bits per heavy atom. The Morgan fingerprint density at radius 3 is 2.47 bits per heavy atom. The maximum absolute atomic E-state index is 12.9. The van der Waals surface area contributed by atoms with Gasteiger partial charge in [0, 0.05) is 18.7 Å². The summed E-state index contributed by atoms with van der Waals surface area (Å²) in [5.41, 5.74) is 5.51. The number of anilines is 1. The van der Waals surface area contributed by atoms with E-state index in [1.807, 2.05) is 0 Å². The fourth-order valence-electron chi connectivity index (χ4n) is 1.79. The highest BCUT2D eigenvalue weighted by atomic mass is 19.1. The SMILES string of the molecule is Nc1cc(C(=O)N2CC(O)C(O)C2)ccc1F. The molecule has 5 nitrogen and oxygen atoms in total. The molecule has 1 saturated heterocycles. The number of likely N-dealkylation sites (tertiary alicyclic amines) is 1. The summed E-state index contributed by atoms with van der Waals surface area (Å²) in [6, 6.07) is 3.69. The molecule has 1 fully saturated rings. The second-order valence-corrected chi connectivity index (χ2v) is 4.08. The second-order valence-electron chi connectivity index (χ2n) is 4.08. The topological polar surface area (TPSA) is 86.8 Å². The molecule has 92 valence electrons. The van der Waals surface area contributed by atoms with E-state index >= 15 is 0 Å². The first-order valence-electron chi connectivity index (χ1n) is 5.19. The Bertz CT molecular complexity index is 442. The van der Waals surface area contributed by atoms with Crippen LogP contribution in [0, 0.1) is 5.82 Å². The summed E-state index contributed by atoms with van der Waals surface area (Å²) in [7, 11) is 0. The minimum atomic E-state index is -0.934. The zero-order valence-corrected chi connectivity index (χ0v) is 9.01. The number of rotatable bonds is 1. The van der Waals surface area contributed by atoms with Gasteiger partial charge in [-0.3, -0.25) is 4.79 Å². The van der Waals surface area contributed by atoms with Crippen molar-refractivity contribution >= 4 is 11.6 Å². The standard InChI is InChI=1S/C11H13FN2O3/c12-7-2-1-6(3-8(7)13)11(17)14-4-9(15)10(16)5-14/h1-3,9-10,15-16H,4-5,13H2. The number of nitrogens with zero attached hydrogens (tertiary/aromatic N) is 1. The molecular formula is C11H13FN2O3. The molecule has 1 aromatic carbocycles. The van der Waals surface area contributed by atoms with Gasteiger partial charge in [-0.2, -0.15) is 0 Å². The van der Waals surface area contributed by atoms with Gasteiger partial charge in [0.1, 0.15) is 5.82 Å². The van der Waals surface area contributed by atoms with Crippen LogP contribution in [-0.4, -0.2) is 46.3 Å².